The van der Waals surface area contributed by atoms with Gasteiger partial charge in [0.05, 0.1) is 10.6 Å². The molecule has 3 aromatic rings. The first-order valence-corrected chi connectivity index (χ1v) is 16.5. The molecule has 1 N–H and O–H groups in total. The van der Waals surface area contributed by atoms with E-state index in [-0.39, 0.29) is 23.4 Å². The van der Waals surface area contributed by atoms with E-state index >= 15 is 0 Å². The van der Waals surface area contributed by atoms with Crippen molar-refractivity contribution in [2.24, 2.45) is 0 Å². The minimum Gasteiger partial charge on any atom is -0.352 e. The number of hydrogen-bond donors (Lipinski definition) is 1. The molecule has 7 nitrogen and oxygen atoms in total. The molecule has 0 bridgehead atoms. The molecule has 218 valence electrons. The Morgan fingerprint density at radius 2 is 1.71 bits per heavy atom. The van der Waals surface area contributed by atoms with Crippen molar-refractivity contribution in [1.29, 1.82) is 0 Å². The van der Waals surface area contributed by atoms with Crippen LogP contribution in [0.3, 0.4) is 0 Å². The molecule has 0 saturated heterocycles. The lowest BCUT2D eigenvalue weighted by molar-refractivity contribution is -0.140. The molecule has 1 fully saturated rings. The van der Waals surface area contributed by atoms with Crippen LogP contribution in [0, 0.1) is 0 Å². The van der Waals surface area contributed by atoms with Crippen LogP contribution >= 0.6 is 39.1 Å². The molecule has 41 heavy (non-hydrogen) atoms. The molecule has 0 spiro atoms. The Morgan fingerprint density at radius 3 is 2.34 bits per heavy atom. The van der Waals surface area contributed by atoms with Gasteiger partial charge in [-0.25, -0.2) is 8.42 Å². The summed E-state index contributed by atoms with van der Waals surface area (Å²) in [5.74, 6) is -0.804. The fourth-order valence-electron chi connectivity index (χ4n) is 5.00. The number of sulfonamides is 1. The van der Waals surface area contributed by atoms with Crippen molar-refractivity contribution < 1.29 is 18.0 Å². The summed E-state index contributed by atoms with van der Waals surface area (Å²) in [5.41, 5.74) is 0.904. The minimum absolute atomic E-state index is 0.00311. The molecule has 2 amide bonds. The third-order valence-corrected chi connectivity index (χ3v) is 10.0. The fraction of sp³-hybridized carbons (Fsp3) is 0.333. The standard InChI is InChI=1S/C30H32BrCl2N3O4S/c1-2-28(30(38)34-24-10-6-7-11-24)35(19-21-15-16-23(32)18-27(21)33)29(37)20-36(25-12-8-9-22(31)17-25)41(39,40)26-13-4-3-5-14-26/h3-5,8-9,12-18,24,28H,2,6-7,10-11,19-20H2,1H3,(H,34,38)/t28-/m1/s1. The summed E-state index contributed by atoms with van der Waals surface area (Å²) in [5, 5.41) is 3.89. The van der Waals surface area contributed by atoms with Gasteiger partial charge >= 0.3 is 0 Å². The van der Waals surface area contributed by atoms with Gasteiger partial charge in [-0.15, -0.1) is 0 Å². The number of hydrogen-bond acceptors (Lipinski definition) is 4. The predicted molar refractivity (Wildman–Crippen MR) is 167 cm³/mol. The maximum absolute atomic E-state index is 14.2. The van der Waals surface area contributed by atoms with Crippen molar-refractivity contribution >= 4 is 66.7 Å². The summed E-state index contributed by atoms with van der Waals surface area (Å²) >= 11 is 16.0. The van der Waals surface area contributed by atoms with E-state index in [2.05, 4.69) is 21.2 Å². The molecule has 0 aliphatic heterocycles. The van der Waals surface area contributed by atoms with Crippen molar-refractivity contribution in [3.63, 3.8) is 0 Å². The van der Waals surface area contributed by atoms with E-state index in [0.717, 1.165) is 30.0 Å². The maximum atomic E-state index is 14.2. The van der Waals surface area contributed by atoms with E-state index in [1.807, 2.05) is 6.92 Å². The molecule has 0 radical (unpaired) electrons. The highest BCUT2D eigenvalue weighted by Crippen LogP contribution is 2.28. The molecule has 11 heteroatoms. The first kappa shape index (κ1) is 31.3. The van der Waals surface area contributed by atoms with E-state index in [9.17, 15) is 18.0 Å². The van der Waals surface area contributed by atoms with Crippen LogP contribution in [-0.4, -0.2) is 43.8 Å². The van der Waals surface area contributed by atoms with Gasteiger partial charge in [0.2, 0.25) is 11.8 Å². The van der Waals surface area contributed by atoms with Gasteiger partial charge in [-0.1, -0.05) is 89.2 Å². The van der Waals surface area contributed by atoms with Crippen molar-refractivity contribution in [3.05, 3.63) is 92.9 Å². The van der Waals surface area contributed by atoms with E-state index in [0.29, 0.717) is 32.2 Å². The summed E-state index contributed by atoms with van der Waals surface area (Å²) in [6.07, 6.45) is 4.21. The van der Waals surface area contributed by atoms with Gasteiger partial charge in [0, 0.05) is 27.1 Å². The van der Waals surface area contributed by atoms with Gasteiger partial charge in [0.25, 0.3) is 10.0 Å². The Morgan fingerprint density at radius 1 is 1.00 bits per heavy atom. The van der Waals surface area contributed by atoms with Gasteiger partial charge in [0.15, 0.2) is 0 Å². The molecule has 0 aromatic heterocycles. The molecular formula is C30H32BrCl2N3O4S. The molecule has 1 aliphatic rings. The van der Waals surface area contributed by atoms with E-state index in [1.54, 1.807) is 60.7 Å². The minimum atomic E-state index is -4.14. The van der Waals surface area contributed by atoms with Gasteiger partial charge in [-0.3, -0.25) is 13.9 Å². The summed E-state index contributed by atoms with van der Waals surface area (Å²) < 4.78 is 29.5. The predicted octanol–water partition coefficient (Wildman–Crippen LogP) is 6.82. The highest BCUT2D eigenvalue weighted by Gasteiger charge is 2.34. The van der Waals surface area contributed by atoms with Crippen LogP contribution in [0.25, 0.3) is 0 Å². The maximum Gasteiger partial charge on any atom is 0.264 e. The molecule has 1 aliphatic carbocycles. The van der Waals surface area contributed by atoms with Crippen LogP contribution in [0.2, 0.25) is 10.0 Å². The molecule has 3 aromatic carbocycles. The topological polar surface area (TPSA) is 86.8 Å². The molecular weight excluding hydrogens is 649 g/mol. The summed E-state index contributed by atoms with van der Waals surface area (Å²) in [4.78, 5) is 29.2. The van der Waals surface area contributed by atoms with Crippen LogP contribution < -0.4 is 9.62 Å². The van der Waals surface area contributed by atoms with Crippen molar-refractivity contribution in [1.82, 2.24) is 10.2 Å². The largest absolute Gasteiger partial charge is 0.352 e. The van der Waals surface area contributed by atoms with Crippen molar-refractivity contribution in [3.8, 4) is 0 Å². The Bertz CT molecular complexity index is 1480. The Balaban J connectivity index is 1.73. The Kier molecular flexibility index (Phi) is 10.7. The lowest BCUT2D eigenvalue weighted by atomic mass is 10.1. The van der Waals surface area contributed by atoms with Crippen molar-refractivity contribution in [2.45, 2.75) is 62.6 Å². The van der Waals surface area contributed by atoms with Crippen molar-refractivity contribution in [2.75, 3.05) is 10.8 Å². The summed E-state index contributed by atoms with van der Waals surface area (Å²) in [7, 11) is -4.14. The molecule has 0 heterocycles. The number of rotatable bonds is 11. The number of amides is 2. The van der Waals surface area contributed by atoms with Gasteiger partial charge < -0.3 is 10.2 Å². The fourth-order valence-corrected chi connectivity index (χ4v) is 7.28. The van der Waals surface area contributed by atoms with E-state index in [4.69, 9.17) is 23.2 Å². The normalized spacial score (nSPS) is 14.4. The Hall–Kier alpha value is -2.59. The zero-order valence-corrected chi connectivity index (χ0v) is 26.5. The number of benzene rings is 3. The highest BCUT2D eigenvalue weighted by molar-refractivity contribution is 9.10. The zero-order chi connectivity index (χ0) is 29.6. The van der Waals surface area contributed by atoms with Gasteiger partial charge in [0.1, 0.15) is 12.6 Å². The molecule has 4 rings (SSSR count). The average molecular weight is 681 g/mol. The second-order valence-electron chi connectivity index (χ2n) is 9.98. The first-order valence-electron chi connectivity index (χ1n) is 13.5. The first-order chi connectivity index (χ1) is 19.6. The zero-order valence-electron chi connectivity index (χ0n) is 22.6. The molecule has 1 atom stereocenters. The van der Waals surface area contributed by atoms with Gasteiger partial charge in [-0.2, -0.15) is 0 Å². The second-order valence-corrected chi connectivity index (χ2v) is 13.6. The smallest absolute Gasteiger partial charge is 0.264 e. The lowest BCUT2D eigenvalue weighted by Gasteiger charge is -2.34. The average Bonchev–Trinajstić information content (AvgIpc) is 3.46. The summed E-state index contributed by atoms with van der Waals surface area (Å²) in [6, 6.07) is 18.9. The Labute approximate surface area is 260 Å². The quantitative estimate of drug-likeness (QED) is 0.241. The number of carbonyl (C=O) groups excluding carboxylic acids is 2. The van der Waals surface area contributed by atoms with E-state index < -0.39 is 28.5 Å². The third kappa shape index (κ3) is 7.83. The summed E-state index contributed by atoms with van der Waals surface area (Å²) in [6.45, 7) is 1.31. The number of carbonyl (C=O) groups is 2. The van der Waals surface area contributed by atoms with Crippen LogP contribution in [0.15, 0.2) is 82.2 Å². The number of nitrogens with zero attached hydrogens (tertiary/aromatic N) is 2. The highest BCUT2D eigenvalue weighted by atomic mass is 79.9. The molecule has 1 saturated carbocycles. The van der Waals surface area contributed by atoms with Crippen LogP contribution in [-0.2, 0) is 26.2 Å². The number of nitrogens with one attached hydrogen (secondary N) is 1. The van der Waals surface area contributed by atoms with Crippen LogP contribution in [0.4, 0.5) is 5.69 Å². The third-order valence-electron chi connectivity index (χ3n) is 7.15. The molecule has 0 unspecified atom stereocenters. The monoisotopic (exact) mass is 679 g/mol. The number of halogens is 3. The van der Waals surface area contributed by atoms with Crippen LogP contribution in [0.5, 0.6) is 0 Å². The SMILES string of the molecule is CC[C@H](C(=O)NC1CCCC1)N(Cc1ccc(Cl)cc1Cl)C(=O)CN(c1cccc(Br)c1)S(=O)(=O)c1ccccc1. The lowest BCUT2D eigenvalue weighted by Crippen LogP contribution is -2.53. The van der Waals surface area contributed by atoms with Gasteiger partial charge in [-0.05, 0) is 67.3 Å². The van der Waals surface area contributed by atoms with E-state index in [1.165, 1.54) is 17.0 Å². The second kappa shape index (κ2) is 14.1. The number of anilines is 1. The van der Waals surface area contributed by atoms with Crippen LogP contribution in [0.1, 0.15) is 44.6 Å².